The van der Waals surface area contributed by atoms with Crippen LogP contribution in [0.3, 0.4) is 0 Å². The van der Waals surface area contributed by atoms with Crippen LogP contribution < -0.4 is 10.0 Å². The zero-order valence-electron chi connectivity index (χ0n) is 14.9. The molecule has 0 spiro atoms. The molecule has 1 aliphatic rings. The monoisotopic (exact) mass is 404 g/mol. The van der Waals surface area contributed by atoms with Gasteiger partial charge >= 0.3 is 12.0 Å². The molecule has 0 saturated heterocycles. The number of nitrogens with one attached hydrogen (secondary N) is 2. The van der Waals surface area contributed by atoms with E-state index in [2.05, 4.69) is 15.3 Å². The summed E-state index contributed by atoms with van der Waals surface area (Å²) in [6.45, 7) is 3.55. The van der Waals surface area contributed by atoms with Gasteiger partial charge in [-0.15, -0.1) is 0 Å². The maximum atomic E-state index is 12.6. The number of amides is 2. The predicted molar refractivity (Wildman–Crippen MR) is 98.2 cm³/mol. The normalized spacial score (nSPS) is 13.0. The number of benzene rings is 1. The lowest BCUT2D eigenvalue weighted by Crippen LogP contribution is -2.36. The molecule has 2 heterocycles. The average Bonchev–Trinajstić information content (AvgIpc) is 2.51. The van der Waals surface area contributed by atoms with Crippen molar-refractivity contribution in [3.8, 4) is 0 Å². The topological polar surface area (TPSA) is 148 Å². The second-order valence-corrected chi connectivity index (χ2v) is 7.62. The molecule has 3 N–H and O–H groups in total. The van der Waals surface area contributed by atoms with Gasteiger partial charge in [0.05, 0.1) is 11.8 Å². The number of carbonyl (C=O) groups excluding carboxylic acids is 1. The highest BCUT2D eigenvalue weighted by Gasteiger charge is 2.29. The van der Waals surface area contributed by atoms with E-state index in [0.717, 1.165) is 6.07 Å². The first-order chi connectivity index (χ1) is 13.2. The summed E-state index contributed by atoms with van der Waals surface area (Å²) in [7, 11) is -4.48. The molecule has 0 bridgehead atoms. The molecule has 1 aliphatic heterocycles. The van der Waals surface area contributed by atoms with Crippen LogP contribution in [0.5, 0.6) is 0 Å². The summed E-state index contributed by atoms with van der Waals surface area (Å²) < 4.78 is 32.0. The van der Waals surface area contributed by atoms with E-state index in [0.29, 0.717) is 17.0 Å². The number of hydrogen-bond acceptors (Lipinski definition) is 7. The standard InChI is InChI=1S/C17H16N4O6S/c1-9-6-10(2)19-16(18-9)20-17(24)21-28(25,26)13-5-3-4-12(11-7-27-8-11)14(13)15(22)23/h3-7H,8H2,1-2H3,(H,22,23)(H2,18,19,20,21,24). The van der Waals surface area contributed by atoms with Crippen molar-refractivity contribution in [2.45, 2.75) is 18.7 Å². The Hall–Kier alpha value is -3.47. The molecule has 0 aliphatic carbocycles. The van der Waals surface area contributed by atoms with Crippen LogP contribution in [-0.4, -0.2) is 42.1 Å². The van der Waals surface area contributed by atoms with Crippen LogP contribution in [0.15, 0.2) is 35.4 Å². The van der Waals surface area contributed by atoms with Gasteiger partial charge in [0.25, 0.3) is 10.0 Å². The van der Waals surface area contributed by atoms with Gasteiger partial charge in [0.1, 0.15) is 11.5 Å². The number of urea groups is 1. The third-order valence-electron chi connectivity index (χ3n) is 3.77. The van der Waals surface area contributed by atoms with E-state index in [-0.39, 0.29) is 18.1 Å². The quantitative estimate of drug-likeness (QED) is 0.682. The summed E-state index contributed by atoms with van der Waals surface area (Å²) in [5.41, 5.74) is 1.48. The number of hydrogen-bond donors (Lipinski definition) is 3. The molecule has 2 amide bonds. The van der Waals surface area contributed by atoms with Gasteiger partial charge in [0, 0.05) is 22.5 Å². The van der Waals surface area contributed by atoms with Crippen molar-refractivity contribution in [1.82, 2.24) is 14.7 Å². The van der Waals surface area contributed by atoms with Crippen LogP contribution in [-0.2, 0) is 14.8 Å². The van der Waals surface area contributed by atoms with Crippen molar-refractivity contribution in [2.75, 3.05) is 11.9 Å². The number of carbonyl (C=O) groups is 2. The van der Waals surface area contributed by atoms with Crippen LogP contribution in [0.1, 0.15) is 27.3 Å². The Bertz CT molecular complexity index is 1090. The molecule has 2 aromatic rings. The molecule has 0 atom stereocenters. The first-order valence-electron chi connectivity index (χ1n) is 8.01. The number of aromatic carboxylic acids is 1. The number of carboxylic acid groups (broad SMARTS) is 1. The summed E-state index contributed by atoms with van der Waals surface area (Å²) in [5, 5.41) is 11.8. The molecule has 3 rings (SSSR count). The Morgan fingerprint density at radius 2 is 1.82 bits per heavy atom. The molecule has 0 radical (unpaired) electrons. The highest BCUT2D eigenvalue weighted by atomic mass is 32.2. The highest BCUT2D eigenvalue weighted by Crippen LogP contribution is 2.29. The van der Waals surface area contributed by atoms with E-state index in [1.54, 1.807) is 24.6 Å². The summed E-state index contributed by atoms with van der Waals surface area (Å²) >= 11 is 0. The second kappa shape index (κ2) is 7.27. The fourth-order valence-electron chi connectivity index (χ4n) is 2.64. The Kier molecular flexibility index (Phi) is 5.01. The molecule has 0 fully saturated rings. The van der Waals surface area contributed by atoms with Gasteiger partial charge in [-0.25, -0.2) is 32.7 Å². The molecule has 146 valence electrons. The minimum Gasteiger partial charge on any atom is -0.496 e. The van der Waals surface area contributed by atoms with Gasteiger partial charge in [-0.2, -0.15) is 0 Å². The van der Waals surface area contributed by atoms with Gasteiger partial charge in [0.2, 0.25) is 5.95 Å². The molecular weight excluding hydrogens is 388 g/mol. The van der Waals surface area contributed by atoms with Gasteiger partial charge in [-0.05, 0) is 26.0 Å². The van der Waals surface area contributed by atoms with Gasteiger partial charge in [-0.3, -0.25) is 5.32 Å². The number of sulfonamides is 1. The molecule has 10 nitrogen and oxygen atoms in total. The lowest BCUT2D eigenvalue weighted by atomic mass is 9.99. The molecule has 1 aromatic heterocycles. The van der Waals surface area contributed by atoms with Gasteiger partial charge in [-0.1, -0.05) is 12.1 Å². The van der Waals surface area contributed by atoms with E-state index in [9.17, 15) is 23.1 Å². The lowest BCUT2D eigenvalue weighted by Gasteiger charge is -2.19. The van der Waals surface area contributed by atoms with Crippen LogP contribution in [0.4, 0.5) is 10.7 Å². The van der Waals surface area contributed by atoms with E-state index < -0.39 is 32.5 Å². The third-order valence-corrected chi connectivity index (χ3v) is 5.15. The Morgan fingerprint density at radius 3 is 2.36 bits per heavy atom. The number of rotatable bonds is 5. The summed E-state index contributed by atoms with van der Waals surface area (Å²) in [6, 6.07) is 4.54. The van der Waals surface area contributed by atoms with Gasteiger partial charge in [0.15, 0.2) is 0 Å². The fourth-order valence-corrected chi connectivity index (χ4v) is 3.77. The fraction of sp³-hybridized carbons (Fsp3) is 0.176. The lowest BCUT2D eigenvalue weighted by molar-refractivity contribution is 0.0692. The molecule has 28 heavy (non-hydrogen) atoms. The minimum absolute atomic E-state index is 0.0748. The van der Waals surface area contributed by atoms with Crippen molar-refractivity contribution < 1.29 is 27.9 Å². The van der Waals surface area contributed by atoms with Crippen molar-refractivity contribution in [3.63, 3.8) is 0 Å². The van der Waals surface area contributed by atoms with Crippen LogP contribution in [0.2, 0.25) is 0 Å². The summed E-state index contributed by atoms with van der Waals surface area (Å²) in [4.78, 5) is 31.3. The first kappa shape index (κ1) is 19.3. The highest BCUT2D eigenvalue weighted by molar-refractivity contribution is 7.90. The molecular formula is C17H16N4O6S. The van der Waals surface area contributed by atoms with Crippen LogP contribution in [0, 0.1) is 13.8 Å². The zero-order valence-corrected chi connectivity index (χ0v) is 15.7. The SMILES string of the molecule is Cc1cc(C)nc(NC(=O)NS(=O)(=O)c2cccc(C3=COC3)c2C(=O)O)n1. The summed E-state index contributed by atoms with van der Waals surface area (Å²) in [5.74, 6) is -1.52. The van der Waals surface area contributed by atoms with Crippen LogP contribution >= 0.6 is 0 Å². The van der Waals surface area contributed by atoms with Crippen molar-refractivity contribution in [2.24, 2.45) is 0 Å². The first-order valence-corrected chi connectivity index (χ1v) is 9.49. The Morgan fingerprint density at radius 1 is 1.18 bits per heavy atom. The number of ether oxygens (including phenoxy) is 1. The largest absolute Gasteiger partial charge is 0.496 e. The number of carboxylic acids is 1. The van der Waals surface area contributed by atoms with E-state index >= 15 is 0 Å². The Labute approximate surface area is 160 Å². The molecule has 0 saturated carbocycles. The average molecular weight is 404 g/mol. The van der Waals surface area contributed by atoms with Crippen molar-refractivity contribution in [1.29, 1.82) is 0 Å². The Balaban J connectivity index is 1.90. The maximum Gasteiger partial charge on any atom is 0.337 e. The molecule has 11 heteroatoms. The van der Waals surface area contributed by atoms with Crippen LogP contribution in [0.25, 0.3) is 5.57 Å². The van der Waals surface area contributed by atoms with E-state index in [1.165, 1.54) is 18.4 Å². The second-order valence-electron chi connectivity index (χ2n) is 5.97. The number of aryl methyl sites for hydroxylation is 2. The van der Waals surface area contributed by atoms with Gasteiger partial charge < -0.3 is 9.84 Å². The smallest absolute Gasteiger partial charge is 0.337 e. The van der Waals surface area contributed by atoms with Crippen molar-refractivity contribution in [3.05, 3.63) is 53.0 Å². The van der Waals surface area contributed by atoms with Crippen molar-refractivity contribution >= 4 is 33.5 Å². The van der Waals surface area contributed by atoms with E-state index in [4.69, 9.17) is 4.74 Å². The molecule has 1 aromatic carbocycles. The summed E-state index contributed by atoms with van der Waals surface area (Å²) in [6.07, 6.45) is 1.34. The minimum atomic E-state index is -4.48. The maximum absolute atomic E-state index is 12.6. The zero-order chi connectivity index (χ0) is 20.5. The third kappa shape index (κ3) is 3.93. The number of aromatic nitrogens is 2. The number of nitrogens with zero attached hydrogens (tertiary/aromatic N) is 2. The number of anilines is 1. The predicted octanol–water partition coefficient (Wildman–Crippen LogP) is 1.67. The van der Waals surface area contributed by atoms with E-state index in [1.807, 2.05) is 0 Å². The molecule has 0 unspecified atom stereocenters.